The Morgan fingerprint density at radius 2 is 1.93 bits per heavy atom. The molecule has 1 aliphatic heterocycles. The second kappa shape index (κ2) is 8.74. The number of aryl methyl sites for hydroxylation is 1. The van der Waals surface area contributed by atoms with Gasteiger partial charge in [-0.3, -0.25) is 0 Å². The summed E-state index contributed by atoms with van der Waals surface area (Å²) in [6.07, 6.45) is -3.63. The van der Waals surface area contributed by atoms with Gasteiger partial charge in [0.05, 0.1) is 0 Å². The second-order valence-electron chi connectivity index (χ2n) is 7.92. The third-order valence-electron chi connectivity index (χ3n) is 5.50. The topological polar surface area (TPSA) is 49.8 Å². The normalized spacial score (nSPS) is 14.7. The van der Waals surface area contributed by atoms with Crippen LogP contribution in [0.15, 0.2) is 36.4 Å². The number of hydrogen-bond donors (Lipinski definition) is 1. The molecule has 164 valence electrons. The van der Waals surface area contributed by atoms with Crippen molar-refractivity contribution in [3.63, 3.8) is 0 Å². The molecule has 0 saturated heterocycles. The molecule has 4 nitrogen and oxygen atoms in total. The Hall–Kier alpha value is -1.81. The predicted octanol–water partition coefficient (Wildman–Crippen LogP) is 1.88. The van der Waals surface area contributed by atoms with Crippen molar-refractivity contribution in [2.24, 2.45) is 0 Å². The first-order valence-corrected chi connectivity index (χ1v) is 12.7. The van der Waals surface area contributed by atoms with Crippen LogP contribution in [0.2, 0.25) is 0 Å². The van der Waals surface area contributed by atoms with Crippen molar-refractivity contribution < 1.29 is 49.0 Å². The summed E-state index contributed by atoms with van der Waals surface area (Å²) >= 11 is -0.509. The van der Waals surface area contributed by atoms with E-state index in [4.69, 9.17) is 0 Å². The van der Waals surface area contributed by atoms with Crippen LogP contribution in [-0.4, -0.2) is 30.6 Å². The average molecular weight is 534 g/mol. The second-order valence-corrected chi connectivity index (χ2v) is 9.98. The zero-order valence-electron chi connectivity index (χ0n) is 17.0. The number of alkyl halides is 4. The Labute approximate surface area is 184 Å². The van der Waals surface area contributed by atoms with Crippen LogP contribution in [-0.2, 0) is 19.5 Å². The number of benzene rings is 2. The van der Waals surface area contributed by atoms with Gasteiger partial charge in [0, 0.05) is 0 Å². The summed E-state index contributed by atoms with van der Waals surface area (Å²) in [6.45, 7) is 5.62. The molecule has 1 N–H and O–H groups in total. The van der Waals surface area contributed by atoms with Gasteiger partial charge in [0.2, 0.25) is 0 Å². The van der Waals surface area contributed by atoms with Crippen LogP contribution in [0.3, 0.4) is 0 Å². The zero-order chi connectivity index (χ0) is 22.1. The molecule has 1 heterocycles. The molecule has 2 aromatic rings. The molecule has 0 aliphatic carbocycles. The molecule has 0 fully saturated rings. The minimum absolute atomic E-state index is 0.233. The molecule has 0 amide bonds. The number of nitrogens with zero attached hydrogens (tertiary/aromatic N) is 1. The Morgan fingerprint density at radius 1 is 1.20 bits per heavy atom. The van der Waals surface area contributed by atoms with Gasteiger partial charge in [-0.1, -0.05) is 0 Å². The van der Waals surface area contributed by atoms with E-state index in [9.17, 15) is 23.1 Å². The molecule has 2 aromatic carbocycles. The summed E-state index contributed by atoms with van der Waals surface area (Å²) in [5, 5.41) is 9.63. The summed E-state index contributed by atoms with van der Waals surface area (Å²) in [5.74, 6) is -1.13. The van der Waals surface area contributed by atoms with Gasteiger partial charge in [-0.25, -0.2) is 0 Å². The van der Waals surface area contributed by atoms with Crippen molar-refractivity contribution in [3.8, 4) is 11.5 Å². The number of hydrogen-bond acceptors (Lipinski definition) is 4. The van der Waals surface area contributed by atoms with Crippen LogP contribution >= 0.6 is 0 Å². The van der Waals surface area contributed by atoms with Crippen LogP contribution in [0.4, 0.5) is 13.2 Å². The third-order valence-corrected chi connectivity index (χ3v) is 7.06. The van der Waals surface area contributed by atoms with Gasteiger partial charge in [0.25, 0.3) is 0 Å². The first-order valence-electron chi connectivity index (χ1n) is 9.47. The molecule has 1 aliphatic rings. The van der Waals surface area contributed by atoms with Crippen LogP contribution in [0.5, 0.6) is 11.5 Å². The number of carbonyl (C=O) groups excluding carboxylic acids is 1. The monoisotopic (exact) mass is 534 g/mol. The fraction of sp³-hybridized carbons (Fsp3) is 0.409. The molecule has 30 heavy (non-hydrogen) atoms. The van der Waals surface area contributed by atoms with Gasteiger partial charge >= 0.3 is 166 Å². The predicted molar refractivity (Wildman–Crippen MR) is 103 cm³/mol. The van der Waals surface area contributed by atoms with E-state index < -0.39 is 39.1 Å². The van der Waals surface area contributed by atoms with E-state index in [2.05, 4.69) is 29.6 Å². The average Bonchev–Trinajstić information content (AvgIpc) is 3.12. The van der Waals surface area contributed by atoms with E-state index in [-0.39, 0.29) is 9.33 Å². The number of phenolic OH excluding ortho intramolecular Hbond substituents is 1. The quantitative estimate of drug-likeness (QED) is 0.335. The number of rotatable bonds is 7. The Balaban J connectivity index is 1.71. The van der Waals surface area contributed by atoms with Crippen molar-refractivity contribution in [3.05, 3.63) is 58.7 Å². The number of halogens is 4. The third kappa shape index (κ3) is 5.26. The number of ether oxygens (including phenoxy) is 1. The van der Waals surface area contributed by atoms with Crippen molar-refractivity contribution in [1.29, 1.82) is 0 Å². The van der Waals surface area contributed by atoms with Crippen LogP contribution in [0.25, 0.3) is 0 Å². The van der Waals surface area contributed by atoms with Gasteiger partial charge in [0.1, 0.15) is 0 Å². The molecule has 0 unspecified atom stereocenters. The molecule has 0 saturated carbocycles. The number of aromatic hydroxyl groups is 1. The van der Waals surface area contributed by atoms with Gasteiger partial charge in [-0.15, -0.1) is 13.2 Å². The summed E-state index contributed by atoms with van der Waals surface area (Å²) in [5.41, 5.74) is 3.51. The van der Waals surface area contributed by atoms with Crippen molar-refractivity contribution in [1.82, 2.24) is 4.90 Å². The van der Waals surface area contributed by atoms with E-state index in [1.807, 2.05) is 17.1 Å². The molecular weight excluding hydrogens is 510 g/mol. The van der Waals surface area contributed by atoms with E-state index in [0.29, 0.717) is 24.9 Å². The zero-order valence-corrected chi connectivity index (χ0v) is 19.2. The van der Waals surface area contributed by atoms with Crippen LogP contribution in [0, 0.1) is 0 Å². The van der Waals surface area contributed by atoms with Gasteiger partial charge in [0.15, 0.2) is 0 Å². The molecule has 3 rings (SSSR count). The van der Waals surface area contributed by atoms with Crippen molar-refractivity contribution in [2.45, 2.75) is 51.7 Å². The summed E-state index contributed by atoms with van der Waals surface area (Å²) in [6, 6.07) is 9.95. The summed E-state index contributed by atoms with van der Waals surface area (Å²) in [7, 11) is 0. The number of fused-ring (bicyclic) bond motifs is 1. The first-order chi connectivity index (χ1) is 14.0. The Kier molecular flexibility index (Phi) is 6.66. The van der Waals surface area contributed by atoms with E-state index in [1.54, 1.807) is 6.07 Å². The van der Waals surface area contributed by atoms with Crippen LogP contribution in [0.1, 0.15) is 47.3 Å². The number of carbonyl (C=O) groups is 1. The van der Waals surface area contributed by atoms with Crippen LogP contribution < -0.4 is 25.9 Å². The van der Waals surface area contributed by atoms with Gasteiger partial charge < -0.3 is 5.11 Å². The fourth-order valence-electron chi connectivity index (χ4n) is 3.66. The SMILES string of the molecule is C[I-]C(=O)c1cccc2c1CN(C(C)(C)CCc1ccc(O)c(OC(F)(F)F)c1)C2. The molecule has 0 atom stereocenters. The van der Waals surface area contributed by atoms with E-state index >= 15 is 0 Å². The van der Waals surface area contributed by atoms with Gasteiger partial charge in [-0.2, -0.15) is 0 Å². The number of phenols is 1. The Bertz CT molecular complexity index is 944. The van der Waals surface area contributed by atoms with Gasteiger partial charge in [-0.05, 0) is 0 Å². The summed E-state index contributed by atoms with van der Waals surface area (Å²) in [4.78, 5) is 16.6. The maximum atomic E-state index is 12.5. The molecule has 8 heteroatoms. The van der Waals surface area contributed by atoms with Crippen molar-refractivity contribution in [2.75, 3.05) is 4.93 Å². The molecule has 0 radical (unpaired) electrons. The first kappa shape index (κ1) is 22.9. The maximum absolute atomic E-state index is 12.5. The van der Waals surface area contributed by atoms with E-state index in [0.717, 1.165) is 23.2 Å². The minimum atomic E-state index is -4.85. The van der Waals surface area contributed by atoms with Crippen molar-refractivity contribution >= 4 is 3.79 Å². The standard InChI is InChI=1S/C22H24F3INO3/c1-21(2,10-9-14-7-8-18(28)19(11-14)30-22(23,24)25)27-12-15-5-4-6-16(17(15)13-27)20(29)26-3/h4-8,11,28H,9-10,12-13H2,1-3H3/q-1. The van der Waals surface area contributed by atoms with E-state index in [1.165, 1.54) is 12.1 Å². The molecule has 0 bridgehead atoms. The summed E-state index contributed by atoms with van der Waals surface area (Å²) < 4.78 is 41.7. The molecular formula is C22H24F3INO3-. The Morgan fingerprint density at radius 3 is 2.60 bits per heavy atom. The fourth-order valence-corrected chi connectivity index (χ4v) is 4.75. The molecule has 0 aromatic heterocycles. The molecule has 0 spiro atoms.